The van der Waals surface area contributed by atoms with Crippen molar-refractivity contribution in [2.45, 2.75) is 137 Å². The number of ether oxygens (including phenoxy) is 2. The fourth-order valence-corrected chi connectivity index (χ4v) is 8.77. The highest BCUT2D eigenvalue weighted by Crippen LogP contribution is 2.43. The first kappa shape index (κ1) is 50.1. The van der Waals surface area contributed by atoms with Gasteiger partial charge in [-0.1, -0.05) is 95.2 Å². The van der Waals surface area contributed by atoms with Crippen LogP contribution in [0.5, 0.6) is 0 Å². The SMILES string of the molecule is Cc1ccccc1-c1cccc2c1N=C(OC1CC(C(N)=O)CCC(C(=O)C(CCCCCC=CC(C)C(=O)NS(=O)(=O)N(C)C)NC(=O)OC(C)(C)C)C1)C(C(C)C(C)C)C2. The van der Waals surface area contributed by atoms with E-state index in [1.807, 2.05) is 22.9 Å². The van der Waals surface area contributed by atoms with Crippen molar-refractivity contribution in [3.8, 4) is 11.1 Å². The van der Waals surface area contributed by atoms with E-state index in [1.165, 1.54) is 14.1 Å². The van der Waals surface area contributed by atoms with E-state index in [0.717, 1.165) is 51.5 Å². The molecule has 0 bridgehead atoms. The summed E-state index contributed by atoms with van der Waals surface area (Å²) in [6.07, 6.45) is 7.75. The molecule has 62 heavy (non-hydrogen) atoms. The number of amides is 3. The Kier molecular flexibility index (Phi) is 17.9. The van der Waals surface area contributed by atoms with Crippen molar-refractivity contribution in [2.75, 3.05) is 14.1 Å². The fourth-order valence-electron chi connectivity index (χ4n) is 8.15. The Balaban J connectivity index is 1.54. The number of primary amides is 1. The van der Waals surface area contributed by atoms with Crippen molar-refractivity contribution in [2.24, 2.45) is 46.2 Å². The van der Waals surface area contributed by atoms with Gasteiger partial charge in [0, 0.05) is 37.4 Å². The van der Waals surface area contributed by atoms with Gasteiger partial charge >= 0.3 is 16.3 Å². The Morgan fingerprint density at radius 1 is 0.935 bits per heavy atom. The normalized spacial score (nSPS) is 21.0. The predicted octanol–water partition coefficient (Wildman–Crippen LogP) is 8.36. The fraction of sp³-hybridized carbons (Fsp3) is 0.604. The summed E-state index contributed by atoms with van der Waals surface area (Å²) in [5.74, 6) is -1.66. The maximum Gasteiger partial charge on any atom is 0.408 e. The molecule has 0 radical (unpaired) electrons. The van der Waals surface area contributed by atoms with E-state index in [9.17, 15) is 27.6 Å². The largest absolute Gasteiger partial charge is 0.477 e. The maximum atomic E-state index is 14.6. The van der Waals surface area contributed by atoms with Crippen LogP contribution in [0.4, 0.5) is 10.5 Å². The van der Waals surface area contributed by atoms with Crippen molar-refractivity contribution in [3.05, 3.63) is 65.7 Å². The smallest absolute Gasteiger partial charge is 0.408 e. The van der Waals surface area contributed by atoms with Crippen LogP contribution in [-0.2, 0) is 40.5 Å². The number of aryl methyl sites for hydroxylation is 1. The summed E-state index contributed by atoms with van der Waals surface area (Å²) in [5, 5.41) is 2.87. The lowest BCUT2D eigenvalue weighted by atomic mass is 9.78. The van der Waals surface area contributed by atoms with Crippen LogP contribution in [0.15, 0.2) is 59.6 Å². The van der Waals surface area contributed by atoms with Crippen molar-refractivity contribution < 1.29 is 37.1 Å². The zero-order valence-corrected chi connectivity index (χ0v) is 39.3. The second kappa shape index (κ2) is 22.2. The number of alkyl carbamates (subject to hydrolysis) is 1. The van der Waals surface area contributed by atoms with E-state index in [1.54, 1.807) is 33.8 Å². The number of carbonyl (C=O) groups is 4. The minimum atomic E-state index is -3.88. The molecule has 1 aliphatic heterocycles. The molecule has 14 heteroatoms. The third kappa shape index (κ3) is 14.2. The molecule has 2 aliphatic rings. The average molecular weight is 878 g/mol. The van der Waals surface area contributed by atoms with Gasteiger partial charge in [0.25, 0.3) is 0 Å². The van der Waals surface area contributed by atoms with Crippen molar-refractivity contribution in [1.82, 2.24) is 14.3 Å². The summed E-state index contributed by atoms with van der Waals surface area (Å²) < 4.78 is 39.6. The standard InChI is InChI=1S/C48H71N5O8S/c1-30(2)33(5)40-29-34-21-18-23-39(38-22-17-16-19-31(38)3)42(34)51-46(40)60-37-27-35(25-26-36(28-37)44(49)55)43(54)41(50-47(57)61-48(6,7)8)24-15-13-11-12-14-20-32(4)45(56)52-62(58,59)53(9)10/h14,16-23,30,32-33,35-37,40-41H,11-13,15,24-29H2,1-10H3,(H2,49,55)(H,50,57)(H,52,56). The molecule has 1 heterocycles. The molecule has 1 aliphatic carbocycles. The van der Waals surface area contributed by atoms with Crippen LogP contribution in [0.3, 0.4) is 0 Å². The van der Waals surface area contributed by atoms with Gasteiger partial charge in [-0.2, -0.15) is 12.7 Å². The van der Waals surface area contributed by atoms with Crippen molar-refractivity contribution >= 4 is 45.5 Å². The molecule has 3 amide bonds. The summed E-state index contributed by atoms with van der Waals surface area (Å²) in [5.41, 5.74) is 10.5. The van der Waals surface area contributed by atoms with Crippen LogP contribution in [0, 0.1) is 42.4 Å². The number of nitrogens with one attached hydrogen (secondary N) is 2. The molecule has 1 fully saturated rings. The molecule has 2 aromatic rings. The molecule has 0 saturated heterocycles. The lowest BCUT2D eigenvalue weighted by molar-refractivity contribution is -0.126. The number of fused-ring (bicyclic) bond motifs is 1. The number of rotatable bonds is 18. The third-order valence-corrected chi connectivity index (χ3v) is 13.6. The van der Waals surface area contributed by atoms with Crippen LogP contribution >= 0.6 is 0 Å². The minimum Gasteiger partial charge on any atom is -0.477 e. The van der Waals surface area contributed by atoms with Gasteiger partial charge in [0.1, 0.15) is 11.7 Å². The number of unbranched alkanes of at least 4 members (excludes halogenated alkanes) is 3. The number of ketones is 1. The Morgan fingerprint density at radius 3 is 2.24 bits per heavy atom. The highest BCUT2D eigenvalue weighted by Gasteiger charge is 2.39. The Bertz CT molecular complexity index is 2060. The molecular formula is C48H71N5O8S. The maximum absolute atomic E-state index is 14.6. The van der Waals surface area contributed by atoms with Crippen molar-refractivity contribution in [1.29, 1.82) is 0 Å². The molecule has 0 spiro atoms. The quantitative estimate of drug-likeness (QED) is 0.0757. The van der Waals surface area contributed by atoms with Crippen LogP contribution in [0.1, 0.15) is 117 Å². The summed E-state index contributed by atoms with van der Waals surface area (Å²) in [6, 6.07) is 13.7. The molecule has 2 aromatic carbocycles. The second-order valence-corrected chi connectivity index (χ2v) is 20.7. The number of carbonyl (C=O) groups excluding carboxylic acids is 4. The van der Waals surface area contributed by atoms with Gasteiger partial charge in [-0.05, 0) is 108 Å². The summed E-state index contributed by atoms with van der Waals surface area (Å²) in [4.78, 5) is 58.2. The monoisotopic (exact) mass is 878 g/mol. The molecule has 7 atom stereocenters. The Hall–Kier alpha value is -4.56. The number of allylic oxidation sites excluding steroid dienone is 1. The third-order valence-electron chi connectivity index (χ3n) is 12.2. The number of hydrogen-bond donors (Lipinski definition) is 3. The summed E-state index contributed by atoms with van der Waals surface area (Å²) >= 11 is 0. The first-order chi connectivity index (χ1) is 29.1. The first-order valence-electron chi connectivity index (χ1n) is 22.2. The van der Waals surface area contributed by atoms with Gasteiger partial charge < -0.3 is 20.5 Å². The van der Waals surface area contributed by atoms with Gasteiger partial charge in [-0.3, -0.25) is 14.4 Å². The second-order valence-electron chi connectivity index (χ2n) is 18.8. The van der Waals surface area contributed by atoms with Gasteiger partial charge in [-0.15, -0.1) is 0 Å². The Labute approximate surface area is 370 Å². The van der Waals surface area contributed by atoms with E-state index in [-0.39, 0.29) is 17.6 Å². The van der Waals surface area contributed by atoms with Crippen LogP contribution in [0.2, 0.25) is 0 Å². The number of nitrogens with zero attached hydrogens (tertiary/aromatic N) is 2. The topological polar surface area (TPSA) is 187 Å². The molecule has 7 unspecified atom stereocenters. The lowest BCUT2D eigenvalue weighted by Crippen LogP contribution is -2.46. The molecular weight excluding hydrogens is 807 g/mol. The van der Waals surface area contributed by atoms with E-state index < -0.39 is 63.6 Å². The number of nitrogens with two attached hydrogens (primary N) is 1. The molecule has 4 rings (SSSR count). The molecule has 13 nitrogen and oxygen atoms in total. The van der Waals surface area contributed by atoms with E-state index >= 15 is 0 Å². The zero-order valence-electron chi connectivity index (χ0n) is 38.5. The predicted molar refractivity (Wildman–Crippen MR) is 245 cm³/mol. The number of para-hydroxylation sites is 1. The van der Waals surface area contributed by atoms with E-state index in [0.29, 0.717) is 56.8 Å². The van der Waals surface area contributed by atoms with E-state index in [2.05, 4.69) is 63.3 Å². The molecule has 4 N–H and O–H groups in total. The molecule has 0 aromatic heterocycles. The van der Waals surface area contributed by atoms with E-state index in [4.69, 9.17) is 20.2 Å². The van der Waals surface area contributed by atoms with Gasteiger partial charge in [0.2, 0.25) is 11.8 Å². The summed E-state index contributed by atoms with van der Waals surface area (Å²) in [6.45, 7) is 15.6. The number of benzene rings is 2. The lowest BCUT2D eigenvalue weighted by Gasteiger charge is -2.34. The highest BCUT2D eigenvalue weighted by atomic mass is 32.2. The van der Waals surface area contributed by atoms with Gasteiger partial charge in [0.05, 0.1) is 17.6 Å². The van der Waals surface area contributed by atoms with Crippen LogP contribution in [-0.4, -0.2) is 74.2 Å². The average Bonchev–Trinajstić information content (AvgIpc) is 3.41. The summed E-state index contributed by atoms with van der Waals surface area (Å²) in [7, 11) is -1.19. The van der Waals surface area contributed by atoms with Gasteiger partial charge in [-0.25, -0.2) is 14.5 Å². The highest BCUT2D eigenvalue weighted by molar-refractivity contribution is 7.87. The molecule has 342 valence electrons. The number of aliphatic imine (C=N–C) groups is 1. The van der Waals surface area contributed by atoms with Crippen LogP contribution < -0.4 is 15.8 Å². The van der Waals surface area contributed by atoms with Gasteiger partial charge in [0.15, 0.2) is 11.7 Å². The zero-order chi connectivity index (χ0) is 45.9. The Morgan fingerprint density at radius 2 is 1.60 bits per heavy atom. The molecule has 1 saturated carbocycles. The van der Waals surface area contributed by atoms with Crippen LogP contribution in [0.25, 0.3) is 11.1 Å². The van der Waals surface area contributed by atoms with Crippen molar-refractivity contribution in [3.63, 3.8) is 0 Å². The first-order valence-corrected chi connectivity index (χ1v) is 23.7. The minimum absolute atomic E-state index is 0.0185. The number of hydrogen-bond acceptors (Lipinski definition) is 9. The number of Topliss-reactive ketones (excluding diaryl/α,β-unsaturated/α-hetero) is 1.